The third-order valence-corrected chi connectivity index (χ3v) is 3.26. The fourth-order valence-corrected chi connectivity index (χ4v) is 2.14. The number of hydrogen-bond donors (Lipinski definition) is 1. The normalized spacial score (nSPS) is 10.5. The van der Waals surface area contributed by atoms with Crippen LogP contribution < -0.4 is 9.47 Å². The van der Waals surface area contributed by atoms with Crippen LogP contribution in [-0.4, -0.2) is 28.5 Å². The third-order valence-electron chi connectivity index (χ3n) is 3.26. The number of aromatic nitrogens is 2. The molecule has 0 unspecified atom stereocenters. The lowest BCUT2D eigenvalue weighted by molar-refractivity contribution is 0.201. The van der Waals surface area contributed by atoms with Crippen LogP contribution in [0.5, 0.6) is 11.5 Å². The predicted molar refractivity (Wildman–Crippen MR) is 86.9 cm³/mol. The molecule has 6 nitrogen and oxygen atoms in total. The van der Waals surface area contributed by atoms with E-state index >= 15 is 0 Å². The van der Waals surface area contributed by atoms with E-state index in [1.807, 2.05) is 30.3 Å². The first-order chi connectivity index (χ1) is 11.8. The van der Waals surface area contributed by atoms with Crippen LogP contribution in [0.4, 0.5) is 0 Å². The van der Waals surface area contributed by atoms with Crippen molar-refractivity contribution in [2.75, 3.05) is 13.2 Å². The molecule has 124 valence electrons. The van der Waals surface area contributed by atoms with Gasteiger partial charge in [0.2, 0.25) is 0 Å². The maximum atomic E-state index is 8.71. The molecule has 0 amide bonds. The summed E-state index contributed by atoms with van der Waals surface area (Å²) < 4.78 is 16.1. The molecule has 1 N–H and O–H groups in total. The first-order valence-corrected chi connectivity index (χ1v) is 7.65. The molecule has 0 saturated carbocycles. The lowest BCUT2D eigenvalue weighted by Crippen LogP contribution is -2.01. The van der Waals surface area contributed by atoms with E-state index in [9.17, 15) is 0 Å². The maximum absolute atomic E-state index is 8.71. The van der Waals surface area contributed by atoms with Gasteiger partial charge < -0.3 is 19.1 Å². The Bertz CT molecular complexity index is 741. The summed E-state index contributed by atoms with van der Waals surface area (Å²) in [5.74, 6) is 2.42. The Morgan fingerprint density at radius 3 is 2.33 bits per heavy atom. The summed E-state index contributed by atoms with van der Waals surface area (Å²) in [6, 6.07) is 17.1. The molecule has 0 aliphatic rings. The lowest BCUT2D eigenvalue weighted by atomic mass is 10.1. The lowest BCUT2D eigenvalue weighted by Gasteiger charge is -2.06. The molecule has 0 saturated heterocycles. The summed E-state index contributed by atoms with van der Waals surface area (Å²) in [6.45, 7) is 0.464. The zero-order valence-corrected chi connectivity index (χ0v) is 13.1. The standard InChI is InChI=1S/C18H18N2O4/c21-10-11-22-15-6-8-16(9-7-15)23-13-18-19-17(20-24-18)12-14-4-2-1-3-5-14/h1-9,21H,10-13H2. The molecule has 0 aliphatic carbocycles. The van der Waals surface area contributed by atoms with E-state index in [4.69, 9.17) is 19.1 Å². The van der Waals surface area contributed by atoms with Crippen molar-refractivity contribution in [3.8, 4) is 11.5 Å². The van der Waals surface area contributed by atoms with E-state index < -0.39 is 0 Å². The second kappa shape index (κ2) is 8.12. The van der Waals surface area contributed by atoms with Crippen molar-refractivity contribution < 1.29 is 19.1 Å². The molecular weight excluding hydrogens is 308 g/mol. The first-order valence-electron chi connectivity index (χ1n) is 7.65. The molecule has 0 radical (unpaired) electrons. The summed E-state index contributed by atoms with van der Waals surface area (Å²) in [7, 11) is 0. The SMILES string of the molecule is OCCOc1ccc(OCc2nc(Cc3ccccc3)no2)cc1. The number of hydrogen-bond acceptors (Lipinski definition) is 6. The van der Waals surface area contributed by atoms with Gasteiger partial charge in [-0.2, -0.15) is 4.98 Å². The van der Waals surface area contributed by atoms with Crippen molar-refractivity contribution in [2.45, 2.75) is 13.0 Å². The number of ether oxygens (including phenoxy) is 2. The first kappa shape index (κ1) is 16.0. The van der Waals surface area contributed by atoms with Crippen LogP contribution in [0.15, 0.2) is 59.1 Å². The number of benzene rings is 2. The molecule has 2 aromatic carbocycles. The second-order valence-electron chi connectivity index (χ2n) is 5.10. The van der Waals surface area contributed by atoms with Gasteiger partial charge in [-0.3, -0.25) is 0 Å². The highest BCUT2D eigenvalue weighted by Crippen LogP contribution is 2.18. The van der Waals surface area contributed by atoms with Gasteiger partial charge in [-0.15, -0.1) is 0 Å². The minimum absolute atomic E-state index is 0.0132. The Hall–Kier alpha value is -2.86. The van der Waals surface area contributed by atoms with Gasteiger partial charge in [0, 0.05) is 6.42 Å². The number of aliphatic hydroxyl groups is 1. The fourth-order valence-electron chi connectivity index (χ4n) is 2.14. The van der Waals surface area contributed by atoms with E-state index in [-0.39, 0.29) is 19.8 Å². The van der Waals surface area contributed by atoms with Gasteiger partial charge in [-0.25, -0.2) is 0 Å². The van der Waals surface area contributed by atoms with E-state index in [1.165, 1.54) is 0 Å². The van der Waals surface area contributed by atoms with Crippen LogP contribution >= 0.6 is 0 Å². The zero-order chi connectivity index (χ0) is 16.6. The van der Waals surface area contributed by atoms with Gasteiger partial charge in [0.15, 0.2) is 12.4 Å². The molecule has 0 fully saturated rings. The van der Waals surface area contributed by atoms with Gasteiger partial charge >= 0.3 is 0 Å². The highest BCUT2D eigenvalue weighted by atomic mass is 16.5. The maximum Gasteiger partial charge on any atom is 0.264 e. The van der Waals surface area contributed by atoms with Gasteiger partial charge in [-0.1, -0.05) is 35.5 Å². The number of nitrogens with zero attached hydrogens (tertiary/aromatic N) is 2. The Balaban J connectivity index is 1.51. The molecule has 3 rings (SSSR count). The highest BCUT2D eigenvalue weighted by molar-refractivity contribution is 5.31. The van der Waals surface area contributed by atoms with E-state index in [0.717, 1.165) is 5.56 Å². The van der Waals surface area contributed by atoms with Crippen molar-refractivity contribution in [2.24, 2.45) is 0 Å². The van der Waals surface area contributed by atoms with E-state index in [0.29, 0.717) is 29.6 Å². The van der Waals surface area contributed by atoms with Crippen molar-refractivity contribution in [3.63, 3.8) is 0 Å². The predicted octanol–water partition coefficient (Wildman–Crippen LogP) is 2.61. The Morgan fingerprint density at radius 2 is 1.62 bits per heavy atom. The van der Waals surface area contributed by atoms with Gasteiger partial charge in [-0.05, 0) is 29.8 Å². The molecule has 1 aromatic heterocycles. The minimum atomic E-state index is -0.0132. The zero-order valence-electron chi connectivity index (χ0n) is 13.1. The van der Waals surface area contributed by atoms with Crippen LogP contribution in [0.2, 0.25) is 0 Å². The van der Waals surface area contributed by atoms with Crippen molar-refractivity contribution in [1.29, 1.82) is 0 Å². The number of aliphatic hydroxyl groups excluding tert-OH is 1. The van der Waals surface area contributed by atoms with Crippen molar-refractivity contribution >= 4 is 0 Å². The average molecular weight is 326 g/mol. The molecule has 24 heavy (non-hydrogen) atoms. The van der Waals surface area contributed by atoms with Crippen LogP contribution in [0.25, 0.3) is 0 Å². The summed E-state index contributed by atoms with van der Waals surface area (Å²) >= 11 is 0. The summed E-state index contributed by atoms with van der Waals surface area (Å²) in [6.07, 6.45) is 0.626. The van der Waals surface area contributed by atoms with Crippen LogP contribution in [0.1, 0.15) is 17.3 Å². The van der Waals surface area contributed by atoms with Crippen LogP contribution in [0.3, 0.4) is 0 Å². The third kappa shape index (κ3) is 4.57. The Kier molecular flexibility index (Phi) is 5.42. The number of rotatable bonds is 8. The second-order valence-corrected chi connectivity index (χ2v) is 5.10. The topological polar surface area (TPSA) is 77.6 Å². The minimum Gasteiger partial charge on any atom is -0.491 e. The molecule has 0 spiro atoms. The highest BCUT2D eigenvalue weighted by Gasteiger charge is 2.08. The van der Waals surface area contributed by atoms with Crippen molar-refractivity contribution in [1.82, 2.24) is 10.1 Å². The molecule has 1 heterocycles. The molecule has 3 aromatic rings. The Morgan fingerprint density at radius 1 is 0.917 bits per heavy atom. The summed E-state index contributed by atoms with van der Waals surface area (Å²) in [5.41, 5.74) is 1.13. The largest absolute Gasteiger partial charge is 0.491 e. The summed E-state index contributed by atoms with van der Waals surface area (Å²) in [5, 5.41) is 12.7. The molecular formula is C18H18N2O4. The Labute approximate surface area is 139 Å². The van der Waals surface area contributed by atoms with Crippen LogP contribution in [0, 0.1) is 0 Å². The molecule has 6 heteroatoms. The quantitative estimate of drug-likeness (QED) is 0.685. The van der Waals surface area contributed by atoms with Crippen LogP contribution in [-0.2, 0) is 13.0 Å². The smallest absolute Gasteiger partial charge is 0.264 e. The molecule has 0 bridgehead atoms. The van der Waals surface area contributed by atoms with Gasteiger partial charge in [0.05, 0.1) is 6.61 Å². The fraction of sp³-hybridized carbons (Fsp3) is 0.222. The van der Waals surface area contributed by atoms with E-state index in [1.54, 1.807) is 24.3 Å². The molecule has 0 atom stereocenters. The van der Waals surface area contributed by atoms with E-state index in [2.05, 4.69) is 10.1 Å². The monoisotopic (exact) mass is 326 g/mol. The van der Waals surface area contributed by atoms with Gasteiger partial charge in [0.1, 0.15) is 18.1 Å². The summed E-state index contributed by atoms with van der Waals surface area (Å²) in [4.78, 5) is 4.32. The van der Waals surface area contributed by atoms with Crippen molar-refractivity contribution in [3.05, 3.63) is 71.9 Å². The van der Waals surface area contributed by atoms with Gasteiger partial charge in [0.25, 0.3) is 5.89 Å². The average Bonchev–Trinajstić information content (AvgIpc) is 3.07. The molecule has 0 aliphatic heterocycles.